The van der Waals surface area contributed by atoms with Crippen molar-refractivity contribution >= 4 is 65.4 Å². The van der Waals surface area contributed by atoms with Crippen LogP contribution >= 0.6 is 0 Å². The highest BCUT2D eigenvalue weighted by Gasteiger charge is 2.27. The highest BCUT2D eigenvalue weighted by molar-refractivity contribution is 6.14. The van der Waals surface area contributed by atoms with Crippen LogP contribution in [0.5, 0.6) is 0 Å². The van der Waals surface area contributed by atoms with Gasteiger partial charge < -0.3 is 18.3 Å². The van der Waals surface area contributed by atoms with Crippen LogP contribution in [0.3, 0.4) is 0 Å². The molecule has 8 heterocycles. The average Bonchev–Trinajstić information content (AvgIpc) is 1.56. The maximum absolute atomic E-state index is 4.93. The van der Waals surface area contributed by atoms with E-state index in [1.807, 2.05) is 97.1 Å². The Morgan fingerprint density at radius 1 is 0.136 bits per heavy atom. The summed E-state index contributed by atoms with van der Waals surface area (Å²) in [5, 5.41) is 7.20. The molecule has 0 atom stereocenters. The predicted octanol–water partition coefficient (Wildman–Crippen LogP) is 32.0. The van der Waals surface area contributed by atoms with E-state index < -0.39 is 0 Å². The fourth-order valence-electron chi connectivity index (χ4n) is 19.9. The van der Waals surface area contributed by atoms with Crippen LogP contribution in [0.25, 0.3) is 246 Å². The van der Waals surface area contributed by atoms with Crippen LogP contribution < -0.4 is 0 Å². The van der Waals surface area contributed by atoms with Gasteiger partial charge in [0, 0.05) is 101 Å². The first-order valence-electron chi connectivity index (χ1n) is 47.1. The molecule has 0 fully saturated rings. The Balaban J connectivity index is 0.000000148. The van der Waals surface area contributed by atoms with Crippen LogP contribution in [-0.4, -0.2) is 58.1 Å². The van der Waals surface area contributed by atoms with Crippen molar-refractivity contribution in [2.45, 2.75) is 0 Å². The summed E-state index contributed by atoms with van der Waals surface area (Å²) in [6.07, 6.45) is 3.51. The summed E-state index contributed by atoms with van der Waals surface area (Å²) in [5.41, 5.74) is 35.1. The van der Waals surface area contributed by atoms with Gasteiger partial charge in [-0.05, 0) is 200 Å². The first-order valence-corrected chi connectivity index (χ1v) is 47.1. The number of pyridine rings is 2. The maximum atomic E-state index is 4.93. The number of nitrogens with zero attached hydrogens (tertiary/aromatic N) is 12. The number of hydrogen-bond acceptors (Lipinski definition) is 8. The predicted molar refractivity (Wildman–Crippen MR) is 574 cm³/mol. The lowest BCUT2D eigenvalue weighted by Gasteiger charge is -2.14. The molecule has 0 saturated carbocycles. The van der Waals surface area contributed by atoms with Gasteiger partial charge in [-0.1, -0.05) is 364 Å². The molecule has 656 valence electrons. The number of aromatic nitrogens is 12. The van der Waals surface area contributed by atoms with Crippen LogP contribution in [0.2, 0.25) is 0 Å². The van der Waals surface area contributed by atoms with Gasteiger partial charge >= 0.3 is 0 Å². The van der Waals surface area contributed by atoms with Crippen molar-refractivity contribution in [3.8, 4) is 181 Å². The van der Waals surface area contributed by atoms with Crippen molar-refractivity contribution in [3.63, 3.8) is 0 Å². The van der Waals surface area contributed by atoms with Crippen molar-refractivity contribution in [3.05, 3.63) is 510 Å². The van der Waals surface area contributed by atoms with E-state index in [0.29, 0.717) is 46.3 Å². The van der Waals surface area contributed by atoms with Gasteiger partial charge in [0.15, 0.2) is 34.9 Å². The van der Waals surface area contributed by atoms with Crippen LogP contribution in [0, 0.1) is 0 Å². The standard InChI is InChI=1S/C70H47N3.C58H37N9/c1-6-20-48(21-7-1)54-40-44-65-61(46-54)62-47-55(49-34-36-50(37-35-49)67-59-30-16-18-32-63(59)72(56-26-12-4-13-27-56)69(67)52-22-8-2-9-23-52)41-45-66(62)71(65)58-42-38-51(39-43-58)68-60-31-17-19-33-64(60)73(57-28-14-5-15-29-57)70(68)53-24-10-3-11-25-53;1-4-14-40(15-5-1)53-61-55(65-57(63-53)49-20-10-12-34-59-49)42-26-22-38(23-27-42)44-30-32-51-47(36-44)48-37-45(31-33-52(48)67(51)46-18-8-3-9-19-46)39-24-28-43(29-25-39)56-62-54(41-16-6-2-7-17-41)64-58(66-56)50-21-11-13-35-60-50/h1-47H;1-37H. The lowest BCUT2D eigenvalue weighted by atomic mass is 9.95. The molecule has 0 radical (unpaired) electrons. The van der Waals surface area contributed by atoms with E-state index in [-0.39, 0.29) is 0 Å². The third-order valence-corrected chi connectivity index (χ3v) is 26.5. The van der Waals surface area contributed by atoms with Gasteiger partial charge in [-0.15, -0.1) is 0 Å². The molecule has 0 saturated heterocycles. The summed E-state index contributed by atoms with van der Waals surface area (Å²) in [6, 6.07) is 176. The highest BCUT2D eigenvalue weighted by Crippen LogP contribution is 2.48. The smallest absolute Gasteiger partial charge is 0.182 e. The molecule has 12 heteroatoms. The molecule has 8 aromatic heterocycles. The fourth-order valence-corrected chi connectivity index (χ4v) is 19.9. The molecule has 0 amide bonds. The van der Waals surface area contributed by atoms with Crippen LogP contribution in [0.4, 0.5) is 0 Å². The van der Waals surface area contributed by atoms with Gasteiger partial charge in [-0.25, -0.2) is 29.9 Å². The van der Waals surface area contributed by atoms with E-state index in [9.17, 15) is 0 Å². The number of fused-ring (bicyclic) bond motifs is 8. The normalized spacial score (nSPS) is 11.4. The zero-order chi connectivity index (χ0) is 92.8. The molecule has 0 aliphatic carbocycles. The van der Waals surface area contributed by atoms with E-state index >= 15 is 0 Å². The van der Waals surface area contributed by atoms with Gasteiger partial charge in [0.1, 0.15) is 11.4 Å². The Morgan fingerprint density at radius 3 is 0.679 bits per heavy atom. The first kappa shape index (κ1) is 82.8. The van der Waals surface area contributed by atoms with E-state index in [4.69, 9.17) is 29.9 Å². The molecule has 26 rings (SSSR count). The van der Waals surface area contributed by atoms with Crippen molar-refractivity contribution < 1.29 is 0 Å². The summed E-state index contributed by atoms with van der Waals surface area (Å²) in [4.78, 5) is 38.3. The van der Waals surface area contributed by atoms with E-state index in [2.05, 4.69) is 429 Å². The Bertz CT molecular complexity index is 8720. The van der Waals surface area contributed by atoms with Crippen LogP contribution in [-0.2, 0) is 0 Å². The molecule has 0 aliphatic heterocycles. The summed E-state index contributed by atoms with van der Waals surface area (Å²) < 4.78 is 9.62. The molecule has 0 unspecified atom stereocenters. The fraction of sp³-hybridized carbons (Fsp3) is 0. The summed E-state index contributed by atoms with van der Waals surface area (Å²) in [7, 11) is 0. The molecule has 12 nitrogen and oxygen atoms in total. The van der Waals surface area contributed by atoms with Gasteiger partial charge in [-0.2, -0.15) is 0 Å². The second-order valence-corrected chi connectivity index (χ2v) is 34.9. The second kappa shape index (κ2) is 36.1. The third-order valence-electron chi connectivity index (χ3n) is 26.5. The van der Waals surface area contributed by atoms with Gasteiger partial charge in [-0.3, -0.25) is 9.97 Å². The van der Waals surface area contributed by atoms with Crippen molar-refractivity contribution in [1.82, 2.24) is 58.1 Å². The molecule has 26 aromatic rings. The SMILES string of the molecule is c1ccc(-c2ccc3c(c2)c2cc(-c4ccc(-c5c(-c6ccccc6)n(-c6ccccc6)c6ccccc56)cc4)ccc2n3-c2ccc(-c3c(-c4ccccc4)n(-c4ccccc4)c4ccccc34)cc2)cc1.c1ccc(-c2nc(-c3ccc(-c4ccc5c(c4)c4cc(-c6ccc(-c7nc(-c8ccccc8)nc(-c8ccccn8)n7)cc6)ccc4n5-c4ccccc4)cc3)nc(-c3ccccn3)n2)cc1. The van der Waals surface area contributed by atoms with Gasteiger partial charge in [0.25, 0.3) is 0 Å². The number of para-hydroxylation sites is 5. The van der Waals surface area contributed by atoms with Crippen molar-refractivity contribution in [2.24, 2.45) is 0 Å². The molecule has 140 heavy (non-hydrogen) atoms. The average molecular weight is 1790 g/mol. The molecule has 0 bridgehead atoms. The Kier molecular flexibility index (Phi) is 21.3. The monoisotopic (exact) mass is 1790 g/mol. The van der Waals surface area contributed by atoms with E-state index in [1.165, 1.54) is 111 Å². The van der Waals surface area contributed by atoms with Crippen molar-refractivity contribution in [2.75, 3.05) is 0 Å². The minimum atomic E-state index is 0.527. The first-order chi connectivity index (χ1) is 69.4. The van der Waals surface area contributed by atoms with E-state index in [1.54, 1.807) is 12.4 Å². The maximum Gasteiger partial charge on any atom is 0.182 e. The minimum absolute atomic E-state index is 0.527. The van der Waals surface area contributed by atoms with E-state index in [0.717, 1.165) is 89.1 Å². The number of benzene rings is 18. The van der Waals surface area contributed by atoms with Crippen molar-refractivity contribution in [1.29, 1.82) is 0 Å². The summed E-state index contributed by atoms with van der Waals surface area (Å²) in [6.45, 7) is 0. The van der Waals surface area contributed by atoms with Crippen LogP contribution in [0.15, 0.2) is 510 Å². The largest absolute Gasteiger partial charge is 0.309 e. The topological polar surface area (TPSA) is 123 Å². The molecule has 0 N–H and O–H groups in total. The molecule has 0 spiro atoms. The molecule has 0 aliphatic rings. The zero-order valence-corrected chi connectivity index (χ0v) is 75.9. The lowest BCUT2D eigenvalue weighted by Crippen LogP contribution is -2.00. The summed E-state index contributed by atoms with van der Waals surface area (Å²) >= 11 is 0. The van der Waals surface area contributed by atoms with Crippen LogP contribution in [0.1, 0.15) is 0 Å². The van der Waals surface area contributed by atoms with Gasteiger partial charge in [0.2, 0.25) is 0 Å². The quantitative estimate of drug-likeness (QED) is 0.0832. The lowest BCUT2D eigenvalue weighted by molar-refractivity contribution is 1.06. The zero-order valence-electron chi connectivity index (χ0n) is 75.9. The van der Waals surface area contributed by atoms with Gasteiger partial charge in [0.05, 0.1) is 44.5 Å². The summed E-state index contributed by atoms with van der Waals surface area (Å²) in [5.74, 6) is 3.42. The molecular formula is C128H84N12. The Hall–Kier alpha value is -19.0. The molecular weight excluding hydrogens is 1710 g/mol. The highest BCUT2D eigenvalue weighted by atomic mass is 15.1. The minimum Gasteiger partial charge on any atom is -0.309 e. The third kappa shape index (κ3) is 15.5. The Morgan fingerprint density at radius 2 is 0.357 bits per heavy atom. The number of hydrogen-bond donors (Lipinski definition) is 0. The number of rotatable bonds is 18. The molecule has 18 aromatic carbocycles. The Labute approximate surface area is 808 Å². The second-order valence-electron chi connectivity index (χ2n) is 34.9.